The van der Waals surface area contributed by atoms with E-state index in [4.69, 9.17) is 14.7 Å². The van der Waals surface area contributed by atoms with Crippen LogP contribution in [0.15, 0.2) is 42.6 Å². The van der Waals surface area contributed by atoms with Gasteiger partial charge in [0.15, 0.2) is 0 Å². The third-order valence-electron chi connectivity index (χ3n) is 2.32. The largest absolute Gasteiger partial charge is 0.439 e. The Balaban J connectivity index is 2.06. The molecule has 0 fully saturated rings. The van der Waals surface area contributed by atoms with Crippen LogP contribution in [-0.4, -0.2) is 12.1 Å². The third-order valence-corrected chi connectivity index (χ3v) is 2.32. The molecule has 0 unspecified atom stereocenters. The molecule has 0 aliphatic carbocycles. The maximum Gasteiger partial charge on any atom is 0.219 e. The fourth-order valence-electron chi connectivity index (χ4n) is 1.45. The monoisotopic (exact) mass is 240 g/mol. The van der Waals surface area contributed by atoms with Crippen LogP contribution in [0.4, 0.5) is 0 Å². The molecular weight excluding hydrogens is 228 g/mol. The average molecular weight is 240 g/mol. The molecule has 18 heavy (non-hydrogen) atoms. The number of hydrogen-bond acceptors (Lipinski definition) is 4. The first kappa shape index (κ1) is 12.1. The summed E-state index contributed by atoms with van der Waals surface area (Å²) in [6, 6.07) is 12.9. The van der Waals surface area contributed by atoms with E-state index in [1.165, 1.54) is 6.20 Å². The minimum Gasteiger partial charge on any atom is -0.439 e. The van der Waals surface area contributed by atoms with E-state index in [9.17, 15) is 0 Å². The van der Waals surface area contributed by atoms with Gasteiger partial charge in [0.1, 0.15) is 11.8 Å². The number of rotatable bonds is 4. The first-order valence-electron chi connectivity index (χ1n) is 5.43. The van der Waals surface area contributed by atoms with Crippen LogP contribution < -0.4 is 4.74 Å². The van der Waals surface area contributed by atoms with Gasteiger partial charge < -0.3 is 9.47 Å². The van der Waals surface area contributed by atoms with Gasteiger partial charge in [-0.1, -0.05) is 12.1 Å². The van der Waals surface area contributed by atoms with Gasteiger partial charge in [0.05, 0.1) is 12.2 Å². The predicted octanol–water partition coefficient (Wildman–Crippen LogP) is 2.89. The van der Waals surface area contributed by atoms with E-state index in [0.717, 1.165) is 5.56 Å². The van der Waals surface area contributed by atoms with Gasteiger partial charge in [0, 0.05) is 19.4 Å². The highest BCUT2D eigenvalue weighted by atomic mass is 16.5. The second-order valence-electron chi connectivity index (χ2n) is 3.68. The quantitative estimate of drug-likeness (QED) is 0.824. The van der Waals surface area contributed by atoms with E-state index >= 15 is 0 Å². The van der Waals surface area contributed by atoms with Gasteiger partial charge in [0.25, 0.3) is 0 Å². The number of hydrogen-bond donors (Lipinski definition) is 0. The molecule has 0 N–H and O–H groups in total. The molecule has 0 spiro atoms. The smallest absolute Gasteiger partial charge is 0.219 e. The second-order valence-corrected chi connectivity index (χ2v) is 3.68. The number of nitriles is 1. The van der Waals surface area contributed by atoms with Crippen LogP contribution in [0.5, 0.6) is 11.6 Å². The number of benzene rings is 1. The number of aromatic nitrogens is 1. The zero-order chi connectivity index (χ0) is 12.8. The minimum absolute atomic E-state index is 0.466. The van der Waals surface area contributed by atoms with Crippen LogP contribution in [0.2, 0.25) is 0 Å². The van der Waals surface area contributed by atoms with E-state index in [1.54, 1.807) is 19.2 Å². The fraction of sp³-hybridized carbons (Fsp3) is 0.143. The Kier molecular flexibility index (Phi) is 3.90. The second kappa shape index (κ2) is 5.80. The topological polar surface area (TPSA) is 55.1 Å². The predicted molar refractivity (Wildman–Crippen MR) is 66.2 cm³/mol. The van der Waals surface area contributed by atoms with Crippen LogP contribution in [-0.2, 0) is 11.3 Å². The molecule has 0 aliphatic heterocycles. The lowest BCUT2D eigenvalue weighted by Gasteiger charge is -2.05. The van der Waals surface area contributed by atoms with Crippen molar-refractivity contribution in [1.82, 2.24) is 4.98 Å². The summed E-state index contributed by atoms with van der Waals surface area (Å²) in [5.74, 6) is 1.17. The molecule has 0 bridgehead atoms. The van der Waals surface area contributed by atoms with Crippen molar-refractivity contribution in [3.63, 3.8) is 0 Å². The first-order valence-corrected chi connectivity index (χ1v) is 5.43. The lowest BCUT2D eigenvalue weighted by atomic mass is 10.2. The lowest BCUT2D eigenvalue weighted by Crippen LogP contribution is -1.90. The van der Waals surface area contributed by atoms with Crippen molar-refractivity contribution in [1.29, 1.82) is 5.26 Å². The molecule has 2 rings (SSSR count). The van der Waals surface area contributed by atoms with Gasteiger partial charge in [-0.15, -0.1) is 0 Å². The summed E-state index contributed by atoms with van der Waals surface area (Å²) in [6.45, 7) is 0.579. The summed E-state index contributed by atoms with van der Waals surface area (Å²) < 4.78 is 10.6. The van der Waals surface area contributed by atoms with Crippen molar-refractivity contribution in [2.75, 3.05) is 7.11 Å². The van der Waals surface area contributed by atoms with Gasteiger partial charge in [0.2, 0.25) is 5.88 Å². The maximum absolute atomic E-state index is 8.66. The summed E-state index contributed by atoms with van der Waals surface area (Å²) in [4.78, 5) is 4.03. The Morgan fingerprint density at radius 1 is 1.17 bits per heavy atom. The molecule has 0 atom stereocenters. The van der Waals surface area contributed by atoms with Crippen molar-refractivity contribution in [3.8, 4) is 17.7 Å². The Bertz CT molecular complexity index is 542. The molecule has 4 heteroatoms. The molecule has 1 aromatic carbocycles. The van der Waals surface area contributed by atoms with Crippen molar-refractivity contribution in [2.24, 2.45) is 0 Å². The van der Waals surface area contributed by atoms with Crippen molar-refractivity contribution in [2.45, 2.75) is 6.61 Å². The van der Waals surface area contributed by atoms with Crippen molar-refractivity contribution >= 4 is 0 Å². The zero-order valence-electron chi connectivity index (χ0n) is 9.96. The van der Waals surface area contributed by atoms with Crippen LogP contribution >= 0.6 is 0 Å². The van der Waals surface area contributed by atoms with Crippen molar-refractivity contribution in [3.05, 3.63) is 53.7 Å². The van der Waals surface area contributed by atoms with Crippen LogP contribution in [0, 0.1) is 11.3 Å². The number of methoxy groups -OCH3 is 1. The minimum atomic E-state index is 0.466. The Hall–Kier alpha value is -2.38. The molecule has 0 aliphatic rings. The summed E-state index contributed by atoms with van der Waals surface area (Å²) in [6.07, 6.45) is 1.48. The van der Waals surface area contributed by atoms with Gasteiger partial charge in [-0.2, -0.15) is 5.26 Å². The third kappa shape index (κ3) is 3.06. The van der Waals surface area contributed by atoms with Crippen molar-refractivity contribution < 1.29 is 9.47 Å². The molecule has 4 nitrogen and oxygen atoms in total. The summed E-state index contributed by atoms with van der Waals surface area (Å²) in [7, 11) is 1.66. The Morgan fingerprint density at radius 3 is 2.50 bits per heavy atom. The molecule has 1 aromatic heterocycles. The SMILES string of the molecule is COCc1ccc(Oc2ccc(C#N)cn2)cc1. The highest BCUT2D eigenvalue weighted by Crippen LogP contribution is 2.19. The van der Waals surface area contributed by atoms with E-state index in [1.807, 2.05) is 30.3 Å². The summed E-state index contributed by atoms with van der Waals surface area (Å²) >= 11 is 0. The summed E-state index contributed by atoms with van der Waals surface area (Å²) in [5, 5.41) is 8.66. The Labute approximate surface area is 105 Å². The first-order chi connectivity index (χ1) is 8.81. The lowest BCUT2D eigenvalue weighted by molar-refractivity contribution is 0.185. The standard InChI is InChI=1S/C14H12N2O2/c1-17-10-11-2-5-13(6-3-11)18-14-7-4-12(8-15)9-16-14/h2-7,9H,10H2,1H3. The molecule has 2 aromatic rings. The molecule has 0 radical (unpaired) electrons. The Morgan fingerprint density at radius 2 is 1.94 bits per heavy atom. The van der Waals surface area contributed by atoms with Gasteiger partial charge in [-0.25, -0.2) is 4.98 Å². The molecule has 0 amide bonds. The normalized spacial score (nSPS) is 9.78. The van der Waals surface area contributed by atoms with E-state index < -0.39 is 0 Å². The highest BCUT2D eigenvalue weighted by Gasteiger charge is 1.99. The maximum atomic E-state index is 8.66. The summed E-state index contributed by atoms with van der Waals surface area (Å²) in [5.41, 5.74) is 1.59. The van der Waals surface area contributed by atoms with E-state index in [0.29, 0.717) is 23.8 Å². The number of pyridine rings is 1. The zero-order valence-corrected chi connectivity index (χ0v) is 9.96. The molecule has 0 saturated heterocycles. The molecule has 90 valence electrons. The fourth-order valence-corrected chi connectivity index (χ4v) is 1.45. The van der Waals surface area contributed by atoms with Gasteiger partial charge >= 0.3 is 0 Å². The molecule has 1 heterocycles. The van der Waals surface area contributed by atoms with Crippen LogP contribution in [0.1, 0.15) is 11.1 Å². The number of ether oxygens (including phenoxy) is 2. The molecular formula is C14H12N2O2. The number of nitrogens with zero attached hydrogens (tertiary/aromatic N) is 2. The van der Waals surface area contributed by atoms with Gasteiger partial charge in [-0.05, 0) is 23.8 Å². The van der Waals surface area contributed by atoms with Crippen LogP contribution in [0.3, 0.4) is 0 Å². The average Bonchev–Trinajstić information content (AvgIpc) is 2.42. The van der Waals surface area contributed by atoms with E-state index in [2.05, 4.69) is 4.98 Å². The molecule has 0 saturated carbocycles. The van der Waals surface area contributed by atoms with Crippen LogP contribution in [0.25, 0.3) is 0 Å². The van der Waals surface area contributed by atoms with Gasteiger partial charge in [-0.3, -0.25) is 0 Å². The van der Waals surface area contributed by atoms with E-state index in [-0.39, 0.29) is 0 Å². The highest BCUT2D eigenvalue weighted by molar-refractivity contribution is 5.32.